The Labute approximate surface area is 107 Å². The summed E-state index contributed by atoms with van der Waals surface area (Å²) in [6.07, 6.45) is 9.74. The molecule has 1 aromatic rings. The predicted molar refractivity (Wildman–Crippen MR) is 77.6 cm³/mol. The molecule has 0 fully saturated rings. The van der Waals surface area contributed by atoms with Crippen LogP contribution >= 0.6 is 0 Å². The number of aryl methyl sites for hydroxylation is 3. The quantitative estimate of drug-likeness (QED) is 0.441. The maximum absolute atomic E-state index is 3.76. The molecular weight excluding hydrogens is 204 g/mol. The first-order chi connectivity index (χ1) is 8.15. The lowest BCUT2D eigenvalue weighted by Gasteiger charge is -2.10. The van der Waals surface area contributed by atoms with Crippen LogP contribution in [0.2, 0.25) is 0 Å². The molecule has 0 atom stereocenters. The third-order valence-electron chi connectivity index (χ3n) is 3.52. The van der Waals surface area contributed by atoms with Crippen molar-refractivity contribution in [3.05, 3.63) is 47.0 Å². The Morgan fingerprint density at radius 2 is 1.71 bits per heavy atom. The highest BCUT2D eigenvalue weighted by molar-refractivity contribution is 5.37. The standard InChI is InChI=1S/C17H26/c1-5-6-7-8-9-10-11-17-13-14(2)12-15(3)16(17)4/h5,12-13H,1,6-11H2,2-4H3. The fourth-order valence-corrected chi connectivity index (χ4v) is 2.35. The van der Waals surface area contributed by atoms with Gasteiger partial charge in [0, 0.05) is 0 Å². The second kappa shape index (κ2) is 7.32. The van der Waals surface area contributed by atoms with Gasteiger partial charge in [0.2, 0.25) is 0 Å². The van der Waals surface area contributed by atoms with Crippen LogP contribution in [0.25, 0.3) is 0 Å². The zero-order valence-corrected chi connectivity index (χ0v) is 11.7. The fourth-order valence-electron chi connectivity index (χ4n) is 2.35. The van der Waals surface area contributed by atoms with Crippen molar-refractivity contribution in [1.82, 2.24) is 0 Å². The number of benzene rings is 1. The largest absolute Gasteiger partial charge is 0.103 e. The SMILES string of the molecule is C=CCCCCCCc1cc(C)cc(C)c1C. The molecule has 1 rings (SSSR count). The van der Waals surface area contributed by atoms with Gasteiger partial charge in [-0.25, -0.2) is 0 Å². The minimum absolute atomic E-state index is 1.17. The van der Waals surface area contributed by atoms with Crippen molar-refractivity contribution >= 4 is 0 Å². The van der Waals surface area contributed by atoms with Gasteiger partial charge in [0.25, 0.3) is 0 Å². The maximum Gasteiger partial charge on any atom is -0.0276 e. The summed E-state index contributed by atoms with van der Waals surface area (Å²) in [6, 6.07) is 4.63. The van der Waals surface area contributed by atoms with E-state index in [2.05, 4.69) is 39.5 Å². The Bertz CT molecular complexity index is 361. The number of unbranched alkanes of at least 4 members (excludes halogenated alkanes) is 4. The van der Waals surface area contributed by atoms with Crippen molar-refractivity contribution in [2.75, 3.05) is 0 Å². The topological polar surface area (TPSA) is 0 Å². The Balaban J connectivity index is 2.38. The van der Waals surface area contributed by atoms with Crippen molar-refractivity contribution < 1.29 is 0 Å². The minimum Gasteiger partial charge on any atom is -0.103 e. The van der Waals surface area contributed by atoms with Crippen LogP contribution in [0.15, 0.2) is 24.8 Å². The van der Waals surface area contributed by atoms with E-state index in [4.69, 9.17) is 0 Å². The van der Waals surface area contributed by atoms with Gasteiger partial charge in [0.05, 0.1) is 0 Å². The van der Waals surface area contributed by atoms with Crippen LogP contribution in [0.3, 0.4) is 0 Å². The van der Waals surface area contributed by atoms with Crippen LogP contribution in [-0.2, 0) is 6.42 Å². The van der Waals surface area contributed by atoms with Gasteiger partial charge in [-0.1, -0.05) is 36.6 Å². The molecule has 0 saturated heterocycles. The van der Waals surface area contributed by atoms with Crippen LogP contribution in [0.5, 0.6) is 0 Å². The molecule has 0 radical (unpaired) electrons. The van der Waals surface area contributed by atoms with Crippen molar-refractivity contribution in [2.24, 2.45) is 0 Å². The van der Waals surface area contributed by atoms with E-state index >= 15 is 0 Å². The minimum atomic E-state index is 1.17. The maximum atomic E-state index is 3.76. The lowest BCUT2D eigenvalue weighted by Crippen LogP contribution is -1.94. The number of hydrogen-bond donors (Lipinski definition) is 0. The molecule has 94 valence electrons. The summed E-state index contributed by atoms with van der Waals surface area (Å²) in [5, 5.41) is 0. The average Bonchev–Trinajstić information content (AvgIpc) is 2.29. The molecule has 1 aromatic carbocycles. The molecule has 0 unspecified atom stereocenters. The first-order valence-corrected chi connectivity index (χ1v) is 6.82. The molecule has 0 nitrogen and oxygen atoms in total. The summed E-state index contributed by atoms with van der Waals surface area (Å²) in [5.74, 6) is 0. The highest BCUT2D eigenvalue weighted by Crippen LogP contribution is 2.18. The van der Waals surface area contributed by atoms with Crippen LogP contribution in [0.4, 0.5) is 0 Å². The van der Waals surface area contributed by atoms with Crippen molar-refractivity contribution in [2.45, 2.75) is 59.3 Å². The lowest BCUT2D eigenvalue weighted by molar-refractivity contribution is 0.645. The zero-order valence-electron chi connectivity index (χ0n) is 11.7. The van der Waals surface area contributed by atoms with E-state index in [-0.39, 0.29) is 0 Å². The smallest absolute Gasteiger partial charge is 0.0276 e. The van der Waals surface area contributed by atoms with Gasteiger partial charge in [-0.15, -0.1) is 6.58 Å². The van der Waals surface area contributed by atoms with Crippen LogP contribution in [0, 0.1) is 20.8 Å². The molecule has 0 heterocycles. The Kier molecular flexibility index (Phi) is 6.04. The molecule has 0 spiro atoms. The molecule has 0 aliphatic rings. The fraction of sp³-hybridized carbons (Fsp3) is 0.529. The predicted octanol–water partition coefficient (Wildman–Crippen LogP) is 5.29. The molecule has 0 bridgehead atoms. The van der Waals surface area contributed by atoms with E-state index in [1.54, 1.807) is 5.56 Å². The summed E-state index contributed by atoms with van der Waals surface area (Å²) < 4.78 is 0. The van der Waals surface area contributed by atoms with E-state index in [1.807, 2.05) is 6.08 Å². The monoisotopic (exact) mass is 230 g/mol. The van der Waals surface area contributed by atoms with Crippen molar-refractivity contribution in [3.63, 3.8) is 0 Å². The van der Waals surface area contributed by atoms with E-state index in [1.165, 1.54) is 55.2 Å². The molecule has 0 N–H and O–H groups in total. The molecule has 17 heavy (non-hydrogen) atoms. The molecule has 0 aliphatic carbocycles. The number of hydrogen-bond acceptors (Lipinski definition) is 0. The van der Waals surface area contributed by atoms with Gasteiger partial charge in [-0.2, -0.15) is 0 Å². The second-order valence-corrected chi connectivity index (χ2v) is 5.11. The first kappa shape index (κ1) is 14.0. The molecular formula is C17H26. The molecule has 0 aliphatic heterocycles. The summed E-state index contributed by atoms with van der Waals surface area (Å²) >= 11 is 0. The molecule has 0 saturated carbocycles. The van der Waals surface area contributed by atoms with E-state index in [0.717, 1.165) is 0 Å². The first-order valence-electron chi connectivity index (χ1n) is 6.82. The Morgan fingerprint density at radius 3 is 2.41 bits per heavy atom. The highest BCUT2D eigenvalue weighted by Gasteiger charge is 2.02. The number of allylic oxidation sites excluding steroid dienone is 1. The molecule has 0 aromatic heterocycles. The molecule has 0 heteroatoms. The van der Waals surface area contributed by atoms with Gasteiger partial charge in [-0.05, 0) is 63.1 Å². The van der Waals surface area contributed by atoms with E-state index < -0.39 is 0 Å². The summed E-state index contributed by atoms with van der Waals surface area (Å²) in [4.78, 5) is 0. The van der Waals surface area contributed by atoms with E-state index in [0.29, 0.717) is 0 Å². The van der Waals surface area contributed by atoms with Gasteiger partial charge in [0.15, 0.2) is 0 Å². The Morgan fingerprint density at radius 1 is 1.00 bits per heavy atom. The van der Waals surface area contributed by atoms with Gasteiger partial charge >= 0.3 is 0 Å². The Hall–Kier alpha value is -1.04. The average molecular weight is 230 g/mol. The van der Waals surface area contributed by atoms with Gasteiger partial charge in [0.1, 0.15) is 0 Å². The normalized spacial score (nSPS) is 10.5. The third kappa shape index (κ3) is 4.77. The third-order valence-corrected chi connectivity index (χ3v) is 3.52. The van der Waals surface area contributed by atoms with Gasteiger partial charge < -0.3 is 0 Å². The summed E-state index contributed by atoms with van der Waals surface area (Å²) in [6.45, 7) is 10.4. The summed E-state index contributed by atoms with van der Waals surface area (Å²) in [7, 11) is 0. The highest BCUT2D eigenvalue weighted by atomic mass is 14.1. The summed E-state index contributed by atoms with van der Waals surface area (Å²) in [5.41, 5.74) is 5.87. The molecule has 0 amide bonds. The van der Waals surface area contributed by atoms with Crippen LogP contribution < -0.4 is 0 Å². The van der Waals surface area contributed by atoms with Crippen LogP contribution in [-0.4, -0.2) is 0 Å². The van der Waals surface area contributed by atoms with Crippen molar-refractivity contribution in [1.29, 1.82) is 0 Å². The second-order valence-electron chi connectivity index (χ2n) is 5.11. The van der Waals surface area contributed by atoms with Crippen LogP contribution in [0.1, 0.15) is 54.4 Å². The lowest BCUT2D eigenvalue weighted by atomic mass is 9.96. The van der Waals surface area contributed by atoms with Crippen molar-refractivity contribution in [3.8, 4) is 0 Å². The zero-order chi connectivity index (χ0) is 12.7. The van der Waals surface area contributed by atoms with Gasteiger partial charge in [-0.3, -0.25) is 0 Å². The number of rotatable bonds is 7. The van der Waals surface area contributed by atoms with E-state index in [9.17, 15) is 0 Å².